The van der Waals surface area contributed by atoms with Gasteiger partial charge in [0.2, 0.25) is 0 Å². The molecule has 0 radical (unpaired) electrons. The normalized spacial score (nSPS) is 20.7. The first-order chi connectivity index (χ1) is 15.9. The zero-order valence-corrected chi connectivity index (χ0v) is 18.2. The number of methoxy groups -OCH3 is 1. The SMILES string of the molecule is COC[C@H]1OC(=O)N2c3ccc(OCCC(OCc4ccccc4)C(F)(F)F)cc3CC[C@H]12. The van der Waals surface area contributed by atoms with E-state index in [2.05, 4.69) is 0 Å². The van der Waals surface area contributed by atoms with Crippen LogP contribution < -0.4 is 9.64 Å². The van der Waals surface area contributed by atoms with Gasteiger partial charge in [-0.05, 0) is 42.2 Å². The van der Waals surface area contributed by atoms with E-state index in [1.54, 1.807) is 60.5 Å². The van der Waals surface area contributed by atoms with Gasteiger partial charge in [0.25, 0.3) is 0 Å². The zero-order chi connectivity index (χ0) is 23.4. The smallest absolute Gasteiger partial charge is 0.415 e. The van der Waals surface area contributed by atoms with Crippen molar-refractivity contribution in [3.63, 3.8) is 0 Å². The molecular weight excluding hydrogens is 439 g/mol. The predicted molar refractivity (Wildman–Crippen MR) is 114 cm³/mol. The quantitative estimate of drug-likeness (QED) is 0.528. The number of hydrogen-bond donors (Lipinski definition) is 0. The number of carbonyl (C=O) groups is 1. The summed E-state index contributed by atoms with van der Waals surface area (Å²) in [6, 6.07) is 13.8. The third-order valence-corrected chi connectivity index (χ3v) is 5.87. The number of hydrogen-bond acceptors (Lipinski definition) is 5. The van der Waals surface area contributed by atoms with Crippen LogP contribution in [0.2, 0.25) is 0 Å². The largest absolute Gasteiger partial charge is 0.493 e. The first kappa shape index (κ1) is 23.4. The Morgan fingerprint density at radius 1 is 1.18 bits per heavy atom. The van der Waals surface area contributed by atoms with Crippen LogP contribution >= 0.6 is 0 Å². The van der Waals surface area contributed by atoms with Gasteiger partial charge in [-0.1, -0.05) is 30.3 Å². The second kappa shape index (κ2) is 10.0. The summed E-state index contributed by atoms with van der Waals surface area (Å²) < 4.78 is 61.5. The molecule has 2 aliphatic heterocycles. The first-order valence-corrected chi connectivity index (χ1v) is 10.8. The van der Waals surface area contributed by atoms with Gasteiger partial charge in [0.05, 0.1) is 31.5 Å². The average Bonchev–Trinajstić information content (AvgIpc) is 3.11. The van der Waals surface area contributed by atoms with Crippen LogP contribution in [0.4, 0.5) is 23.7 Å². The van der Waals surface area contributed by atoms with Crippen molar-refractivity contribution in [2.24, 2.45) is 0 Å². The van der Waals surface area contributed by atoms with E-state index >= 15 is 0 Å². The number of nitrogens with zero attached hydrogens (tertiary/aromatic N) is 1. The first-order valence-electron chi connectivity index (χ1n) is 10.8. The number of halogens is 3. The summed E-state index contributed by atoms with van der Waals surface area (Å²) >= 11 is 0. The van der Waals surface area contributed by atoms with Crippen LogP contribution in [0, 0.1) is 0 Å². The van der Waals surface area contributed by atoms with E-state index in [4.69, 9.17) is 18.9 Å². The molecule has 3 atom stereocenters. The van der Waals surface area contributed by atoms with Crippen LogP contribution in [0.5, 0.6) is 5.75 Å². The minimum absolute atomic E-state index is 0.0916. The number of carbonyl (C=O) groups excluding carboxylic acids is 1. The standard InChI is InChI=1S/C24H26F3NO5/c1-30-15-21-20-9-7-17-13-18(8-10-19(17)28(20)23(29)33-21)31-12-11-22(24(25,26)27)32-14-16-5-3-2-4-6-16/h2-6,8,10,13,20-22H,7,9,11-12,14-15H2,1H3/t20-,21-,22?/m1/s1. The molecule has 2 aliphatic rings. The maximum atomic E-state index is 13.4. The molecular formula is C24H26F3NO5. The number of fused-ring (bicyclic) bond motifs is 3. The summed E-state index contributed by atoms with van der Waals surface area (Å²) in [5, 5.41) is 0. The minimum Gasteiger partial charge on any atom is -0.493 e. The molecule has 2 aromatic carbocycles. The Balaban J connectivity index is 1.35. The number of amides is 1. The molecule has 1 amide bonds. The molecule has 1 saturated heterocycles. The van der Waals surface area contributed by atoms with Crippen LogP contribution in [0.3, 0.4) is 0 Å². The number of anilines is 1. The molecule has 2 aromatic rings. The Kier molecular flexibility index (Phi) is 7.09. The van der Waals surface area contributed by atoms with Crippen LogP contribution in [0.1, 0.15) is 24.0 Å². The lowest BCUT2D eigenvalue weighted by Crippen LogP contribution is -2.41. The molecule has 0 spiro atoms. The van der Waals surface area contributed by atoms with Gasteiger partial charge in [0, 0.05) is 13.5 Å². The molecule has 9 heteroatoms. The van der Waals surface area contributed by atoms with Crippen molar-refractivity contribution < 1.29 is 36.9 Å². The third-order valence-electron chi connectivity index (χ3n) is 5.87. The number of cyclic esters (lactones) is 1. The summed E-state index contributed by atoms with van der Waals surface area (Å²) in [6.45, 7) is 0.0548. The number of alkyl halides is 3. The second-order valence-corrected chi connectivity index (χ2v) is 8.11. The molecule has 0 saturated carbocycles. The molecule has 6 nitrogen and oxygen atoms in total. The van der Waals surface area contributed by atoms with Gasteiger partial charge >= 0.3 is 12.3 Å². The van der Waals surface area contributed by atoms with Gasteiger partial charge in [-0.15, -0.1) is 0 Å². The molecule has 4 rings (SSSR count). The van der Waals surface area contributed by atoms with Crippen LogP contribution in [0.15, 0.2) is 48.5 Å². The Morgan fingerprint density at radius 3 is 2.70 bits per heavy atom. The number of benzene rings is 2. The van der Waals surface area contributed by atoms with Gasteiger partial charge in [-0.3, -0.25) is 4.90 Å². The summed E-state index contributed by atoms with van der Waals surface area (Å²) in [5.74, 6) is 0.456. The highest BCUT2D eigenvalue weighted by molar-refractivity contribution is 5.92. The highest BCUT2D eigenvalue weighted by atomic mass is 19.4. The Bertz CT molecular complexity index is 953. The van der Waals surface area contributed by atoms with Crippen LogP contribution in [-0.4, -0.2) is 50.8 Å². The summed E-state index contributed by atoms with van der Waals surface area (Å²) in [6.07, 6.45) is -6.06. The highest BCUT2D eigenvalue weighted by Crippen LogP contribution is 2.39. The maximum Gasteiger partial charge on any atom is 0.415 e. The minimum atomic E-state index is -4.49. The highest BCUT2D eigenvalue weighted by Gasteiger charge is 2.45. The lowest BCUT2D eigenvalue weighted by atomic mass is 9.94. The van der Waals surface area contributed by atoms with E-state index in [1.807, 2.05) is 0 Å². The Hall–Kier alpha value is -2.78. The lowest BCUT2D eigenvalue weighted by molar-refractivity contribution is -0.226. The molecule has 0 aromatic heterocycles. The van der Waals surface area contributed by atoms with E-state index in [0.717, 1.165) is 11.3 Å². The van der Waals surface area contributed by atoms with Gasteiger partial charge < -0.3 is 18.9 Å². The van der Waals surface area contributed by atoms with Gasteiger partial charge in [-0.2, -0.15) is 13.2 Å². The topological polar surface area (TPSA) is 57.2 Å². The molecule has 0 N–H and O–H groups in total. The Labute approximate surface area is 190 Å². The lowest BCUT2D eigenvalue weighted by Gasteiger charge is -2.31. The average molecular weight is 465 g/mol. The van der Waals surface area contributed by atoms with Crippen molar-refractivity contribution in [1.82, 2.24) is 0 Å². The summed E-state index contributed by atoms with van der Waals surface area (Å²) in [4.78, 5) is 14.0. The fraction of sp³-hybridized carbons (Fsp3) is 0.458. The molecule has 1 fully saturated rings. The van der Waals surface area contributed by atoms with E-state index in [9.17, 15) is 18.0 Å². The van der Waals surface area contributed by atoms with Gasteiger partial charge in [-0.25, -0.2) is 4.79 Å². The van der Waals surface area contributed by atoms with Crippen molar-refractivity contribution >= 4 is 11.8 Å². The van der Waals surface area contributed by atoms with Crippen molar-refractivity contribution in [1.29, 1.82) is 0 Å². The number of ether oxygens (including phenoxy) is 4. The van der Waals surface area contributed by atoms with Crippen LogP contribution in [-0.2, 0) is 27.2 Å². The van der Waals surface area contributed by atoms with E-state index < -0.39 is 18.4 Å². The predicted octanol–water partition coefficient (Wildman–Crippen LogP) is 4.89. The zero-order valence-electron chi connectivity index (χ0n) is 18.2. The molecule has 0 bridgehead atoms. The molecule has 0 aliphatic carbocycles. The van der Waals surface area contributed by atoms with E-state index in [1.165, 1.54) is 0 Å². The third kappa shape index (κ3) is 5.42. The van der Waals surface area contributed by atoms with Crippen molar-refractivity contribution in [2.45, 2.75) is 50.3 Å². The van der Waals surface area contributed by atoms with E-state index in [-0.39, 0.29) is 31.8 Å². The summed E-state index contributed by atoms with van der Waals surface area (Å²) in [5.41, 5.74) is 2.31. The molecule has 1 unspecified atom stereocenters. The number of aryl methyl sites for hydroxylation is 1. The molecule has 2 heterocycles. The van der Waals surface area contributed by atoms with Gasteiger partial charge in [0.1, 0.15) is 11.9 Å². The van der Waals surface area contributed by atoms with Crippen LogP contribution in [0.25, 0.3) is 0 Å². The van der Waals surface area contributed by atoms with Crippen molar-refractivity contribution in [3.8, 4) is 5.75 Å². The Morgan fingerprint density at radius 2 is 1.97 bits per heavy atom. The fourth-order valence-corrected chi connectivity index (χ4v) is 4.25. The number of rotatable bonds is 9. The summed E-state index contributed by atoms with van der Waals surface area (Å²) in [7, 11) is 1.56. The van der Waals surface area contributed by atoms with Crippen molar-refractivity contribution in [3.05, 3.63) is 59.7 Å². The fourth-order valence-electron chi connectivity index (χ4n) is 4.25. The van der Waals surface area contributed by atoms with Crippen molar-refractivity contribution in [2.75, 3.05) is 25.2 Å². The molecule has 178 valence electrons. The maximum absolute atomic E-state index is 13.4. The second-order valence-electron chi connectivity index (χ2n) is 8.11. The van der Waals surface area contributed by atoms with E-state index in [0.29, 0.717) is 30.8 Å². The molecule has 33 heavy (non-hydrogen) atoms. The van der Waals surface area contributed by atoms with Gasteiger partial charge in [0.15, 0.2) is 6.10 Å². The monoisotopic (exact) mass is 465 g/mol.